The predicted molar refractivity (Wildman–Crippen MR) is 108 cm³/mol. The molecule has 0 aromatic heterocycles. The van der Waals surface area contributed by atoms with Gasteiger partial charge in [0.1, 0.15) is 0 Å². The molecule has 1 fully saturated rings. The molecule has 1 nitrogen and oxygen atoms in total. The Balaban J connectivity index is 1.91. The molecule has 132 valence electrons. The van der Waals surface area contributed by atoms with Gasteiger partial charge in [0.15, 0.2) is 0 Å². The maximum atomic E-state index is 3.99. The van der Waals surface area contributed by atoms with Gasteiger partial charge in [-0.3, -0.25) is 0 Å². The molecule has 3 rings (SSSR count). The van der Waals surface area contributed by atoms with Crippen molar-refractivity contribution in [2.45, 2.75) is 58.5 Å². The summed E-state index contributed by atoms with van der Waals surface area (Å²) in [6, 6.07) is 22.9. The molecule has 1 aliphatic rings. The Bertz CT molecular complexity index is 695. The minimum atomic E-state index is 0.210. The summed E-state index contributed by atoms with van der Waals surface area (Å²) < 4.78 is 0. The Morgan fingerprint density at radius 1 is 0.960 bits per heavy atom. The third-order valence-corrected chi connectivity index (χ3v) is 5.58. The van der Waals surface area contributed by atoms with Gasteiger partial charge in [-0.15, -0.1) is 0 Å². The number of hydrogen-bond acceptors (Lipinski definition) is 1. The van der Waals surface area contributed by atoms with Gasteiger partial charge >= 0.3 is 0 Å². The van der Waals surface area contributed by atoms with Crippen molar-refractivity contribution < 1.29 is 0 Å². The molecule has 3 atom stereocenters. The summed E-state index contributed by atoms with van der Waals surface area (Å²) >= 11 is 0. The van der Waals surface area contributed by atoms with Crippen LogP contribution < -0.4 is 5.32 Å². The first-order valence-corrected chi connectivity index (χ1v) is 9.47. The molecule has 1 saturated heterocycles. The number of hydrogen-bond donors (Lipinski definition) is 1. The monoisotopic (exact) mass is 333 g/mol. The van der Waals surface area contributed by atoms with Gasteiger partial charge in [0.2, 0.25) is 0 Å². The molecule has 1 heteroatoms. The lowest BCUT2D eigenvalue weighted by Gasteiger charge is -2.36. The molecule has 25 heavy (non-hydrogen) atoms. The second-order valence-electron chi connectivity index (χ2n) is 8.33. The summed E-state index contributed by atoms with van der Waals surface area (Å²) in [5, 5.41) is 3.99. The van der Waals surface area contributed by atoms with E-state index in [0.29, 0.717) is 18.0 Å². The van der Waals surface area contributed by atoms with Crippen LogP contribution in [-0.4, -0.2) is 6.04 Å². The molecule has 1 heterocycles. The average Bonchev–Trinajstić information content (AvgIpc) is 3.08. The van der Waals surface area contributed by atoms with Gasteiger partial charge in [0.25, 0.3) is 0 Å². The zero-order valence-corrected chi connectivity index (χ0v) is 16.0. The second-order valence-corrected chi connectivity index (χ2v) is 8.33. The summed E-state index contributed by atoms with van der Waals surface area (Å²) in [6.45, 7) is 9.21. The zero-order chi connectivity index (χ0) is 17.9. The first-order chi connectivity index (χ1) is 12.0. The van der Waals surface area contributed by atoms with Crippen LogP contribution in [0.5, 0.6) is 0 Å². The van der Waals surface area contributed by atoms with Crippen molar-refractivity contribution in [1.29, 1.82) is 0 Å². The highest BCUT2D eigenvalue weighted by Crippen LogP contribution is 2.45. The molecule has 0 amide bonds. The van der Waals surface area contributed by atoms with Crippen molar-refractivity contribution in [1.82, 2.24) is 5.32 Å². The van der Waals surface area contributed by atoms with Crippen LogP contribution in [0.2, 0.25) is 0 Å². The molecule has 0 radical (unpaired) electrons. The average molecular weight is 334 g/mol. The lowest BCUT2D eigenvalue weighted by Crippen LogP contribution is -2.41. The molecule has 0 spiro atoms. The highest BCUT2D eigenvalue weighted by molar-refractivity contribution is 5.29. The second kappa shape index (κ2) is 7.58. The fourth-order valence-electron chi connectivity index (χ4n) is 4.10. The van der Waals surface area contributed by atoms with E-state index in [-0.39, 0.29) is 5.41 Å². The molecule has 3 unspecified atom stereocenters. The van der Waals surface area contributed by atoms with Crippen molar-refractivity contribution in [3.05, 3.63) is 83.4 Å². The smallest absolute Gasteiger partial charge is 0.0329 e. The van der Waals surface area contributed by atoms with Gasteiger partial charge in [-0.25, -0.2) is 0 Å². The standard InChI is InChI=1S/C24H31N/c1-18(2)15-16-24(3,4)23-21(19-11-7-5-8-12-19)17-22(25-23)20-13-9-6-10-14-20/h5-15,21-23,25H,16-17H2,1-4H3. The van der Waals surface area contributed by atoms with E-state index in [9.17, 15) is 0 Å². The van der Waals surface area contributed by atoms with E-state index in [1.165, 1.54) is 16.7 Å². The lowest BCUT2D eigenvalue weighted by molar-refractivity contribution is 0.242. The van der Waals surface area contributed by atoms with E-state index in [2.05, 4.69) is 99.8 Å². The Morgan fingerprint density at radius 3 is 2.08 bits per heavy atom. The van der Waals surface area contributed by atoms with Gasteiger partial charge in [-0.2, -0.15) is 0 Å². The van der Waals surface area contributed by atoms with Gasteiger partial charge in [0.05, 0.1) is 0 Å². The Labute approximate surface area is 153 Å². The van der Waals surface area contributed by atoms with Crippen LogP contribution in [-0.2, 0) is 0 Å². The minimum Gasteiger partial charge on any atom is -0.306 e. The van der Waals surface area contributed by atoms with E-state index in [4.69, 9.17) is 0 Å². The molecular weight excluding hydrogens is 302 g/mol. The van der Waals surface area contributed by atoms with E-state index in [1.807, 2.05) is 0 Å². The van der Waals surface area contributed by atoms with Gasteiger partial charge in [-0.1, -0.05) is 86.2 Å². The van der Waals surface area contributed by atoms with Crippen molar-refractivity contribution in [3.63, 3.8) is 0 Å². The first kappa shape index (κ1) is 17.9. The fraction of sp³-hybridized carbons (Fsp3) is 0.417. The number of rotatable bonds is 5. The highest BCUT2D eigenvalue weighted by Gasteiger charge is 2.43. The first-order valence-electron chi connectivity index (χ1n) is 9.47. The largest absolute Gasteiger partial charge is 0.306 e. The van der Waals surface area contributed by atoms with Crippen LogP contribution in [0.15, 0.2) is 72.3 Å². The maximum absolute atomic E-state index is 3.99. The number of allylic oxidation sites excluding steroid dienone is 2. The number of nitrogens with one attached hydrogen (secondary N) is 1. The Hall–Kier alpha value is -1.86. The van der Waals surface area contributed by atoms with Gasteiger partial charge < -0.3 is 5.32 Å². The maximum Gasteiger partial charge on any atom is 0.0329 e. The summed E-state index contributed by atoms with van der Waals surface area (Å²) in [4.78, 5) is 0. The third-order valence-electron chi connectivity index (χ3n) is 5.58. The topological polar surface area (TPSA) is 12.0 Å². The SMILES string of the molecule is CC(C)=CCC(C)(C)C1NC(c2ccccc2)CC1c1ccccc1. The predicted octanol–water partition coefficient (Wildman–Crippen LogP) is 6.26. The van der Waals surface area contributed by atoms with Crippen molar-refractivity contribution in [3.8, 4) is 0 Å². The third kappa shape index (κ3) is 4.22. The zero-order valence-electron chi connectivity index (χ0n) is 16.0. The van der Waals surface area contributed by atoms with Crippen LogP contribution in [0.1, 0.15) is 63.6 Å². The Kier molecular flexibility index (Phi) is 5.44. The van der Waals surface area contributed by atoms with E-state index >= 15 is 0 Å². The summed E-state index contributed by atoms with van der Waals surface area (Å²) in [5.41, 5.74) is 4.48. The molecular formula is C24H31N. The number of benzene rings is 2. The van der Waals surface area contributed by atoms with Crippen molar-refractivity contribution in [2.75, 3.05) is 0 Å². The van der Waals surface area contributed by atoms with Crippen molar-refractivity contribution >= 4 is 0 Å². The Morgan fingerprint density at radius 2 is 1.52 bits per heavy atom. The van der Waals surface area contributed by atoms with Gasteiger partial charge in [0, 0.05) is 18.0 Å². The molecule has 1 aliphatic heterocycles. The van der Waals surface area contributed by atoms with Crippen LogP contribution in [0.4, 0.5) is 0 Å². The molecule has 0 aliphatic carbocycles. The van der Waals surface area contributed by atoms with E-state index in [1.54, 1.807) is 0 Å². The van der Waals surface area contributed by atoms with Gasteiger partial charge in [-0.05, 0) is 43.2 Å². The summed E-state index contributed by atoms with van der Waals surface area (Å²) in [5.74, 6) is 0.548. The molecule has 2 aromatic carbocycles. The van der Waals surface area contributed by atoms with Crippen LogP contribution >= 0.6 is 0 Å². The molecule has 0 bridgehead atoms. The molecule has 2 aromatic rings. The van der Waals surface area contributed by atoms with Crippen LogP contribution in [0, 0.1) is 5.41 Å². The van der Waals surface area contributed by atoms with Crippen molar-refractivity contribution in [2.24, 2.45) is 5.41 Å². The van der Waals surface area contributed by atoms with Crippen LogP contribution in [0.25, 0.3) is 0 Å². The molecule has 1 N–H and O–H groups in total. The fourth-order valence-corrected chi connectivity index (χ4v) is 4.10. The van der Waals surface area contributed by atoms with E-state index in [0.717, 1.165) is 12.8 Å². The van der Waals surface area contributed by atoms with Crippen LogP contribution in [0.3, 0.4) is 0 Å². The highest BCUT2D eigenvalue weighted by atomic mass is 15.0. The normalized spacial score (nSPS) is 23.4. The van der Waals surface area contributed by atoms with E-state index < -0.39 is 0 Å². The molecule has 0 saturated carbocycles. The summed E-state index contributed by atoms with van der Waals surface area (Å²) in [6.07, 6.45) is 4.66. The minimum absolute atomic E-state index is 0.210. The lowest BCUT2D eigenvalue weighted by atomic mass is 9.73. The quantitative estimate of drug-likeness (QED) is 0.637. The summed E-state index contributed by atoms with van der Waals surface area (Å²) in [7, 11) is 0.